The fourth-order valence-corrected chi connectivity index (χ4v) is 6.26. The molecule has 2 amide bonds. The molecule has 1 unspecified atom stereocenters. The number of thioether (sulfide) groups is 1. The minimum atomic E-state index is -0.359. The molecule has 0 radical (unpaired) electrons. The molecule has 0 bridgehead atoms. The number of phenolic OH excluding ortho intramolecular Hbond substituents is 1. The lowest BCUT2D eigenvalue weighted by atomic mass is 9.86. The maximum atomic E-state index is 11.9. The van der Waals surface area contributed by atoms with E-state index in [1.165, 1.54) is 0 Å². The van der Waals surface area contributed by atoms with Crippen molar-refractivity contribution in [2.45, 2.75) is 65.1 Å². The van der Waals surface area contributed by atoms with Gasteiger partial charge in [-0.3, -0.25) is 19.8 Å². The van der Waals surface area contributed by atoms with E-state index in [2.05, 4.69) is 17.1 Å². The zero-order valence-electron chi connectivity index (χ0n) is 21.8. The number of hydrogen-bond acceptors (Lipinski definition) is 7. The third-order valence-corrected chi connectivity index (χ3v) is 8.52. The van der Waals surface area contributed by atoms with Crippen LogP contribution in [-0.4, -0.2) is 52.5 Å². The molecule has 8 heteroatoms. The Labute approximate surface area is 222 Å². The standard InChI is InChI=1S/C29H34N2O5S/c1-17-18(2)26-23(19(3)25(17)32)10-11-29(4,36-26)16-31-12-6-9-22(15-31)35-21-8-5-7-20(13-21)14-24-27(33)30-28(34)37-24/h5,7-8,13-14,22,32H,6,9-12,15-16H2,1-4H3,(H,30,33,34)/b24-14+/t22-,29?/m1/s1. The molecular weight excluding hydrogens is 488 g/mol. The van der Waals surface area contributed by atoms with Crippen LogP contribution in [0.1, 0.15) is 54.0 Å². The normalized spacial score (nSPS) is 25.1. The highest BCUT2D eigenvalue weighted by Gasteiger charge is 2.37. The van der Waals surface area contributed by atoms with Gasteiger partial charge in [0.25, 0.3) is 11.1 Å². The Kier molecular flexibility index (Phi) is 6.98. The lowest BCUT2D eigenvalue weighted by Crippen LogP contribution is -2.51. The Morgan fingerprint density at radius 2 is 2.05 bits per heavy atom. The molecule has 2 N–H and O–H groups in total. The Morgan fingerprint density at radius 1 is 1.24 bits per heavy atom. The van der Waals surface area contributed by atoms with Gasteiger partial charge in [-0.2, -0.15) is 0 Å². The Morgan fingerprint density at radius 3 is 2.81 bits per heavy atom. The van der Waals surface area contributed by atoms with Crippen LogP contribution in [0.15, 0.2) is 29.2 Å². The summed E-state index contributed by atoms with van der Waals surface area (Å²) >= 11 is 0.915. The van der Waals surface area contributed by atoms with Crippen LogP contribution < -0.4 is 14.8 Å². The number of nitrogens with zero attached hydrogens (tertiary/aromatic N) is 1. The second-order valence-electron chi connectivity index (χ2n) is 10.6. The number of benzene rings is 2. The monoisotopic (exact) mass is 522 g/mol. The third-order valence-electron chi connectivity index (χ3n) is 7.71. The molecule has 3 aliphatic heterocycles. The molecule has 2 atom stereocenters. The summed E-state index contributed by atoms with van der Waals surface area (Å²) in [7, 11) is 0. The lowest BCUT2D eigenvalue weighted by molar-refractivity contribution is -0.115. The molecule has 2 fully saturated rings. The van der Waals surface area contributed by atoms with Gasteiger partial charge in [0.15, 0.2) is 0 Å². The first kappa shape index (κ1) is 25.7. The highest BCUT2D eigenvalue weighted by Crippen LogP contribution is 2.43. The van der Waals surface area contributed by atoms with E-state index in [1.807, 2.05) is 45.0 Å². The molecule has 0 spiro atoms. The Hall–Kier alpha value is -2.97. The summed E-state index contributed by atoms with van der Waals surface area (Å²) in [5.41, 5.74) is 4.50. The van der Waals surface area contributed by atoms with Crippen molar-refractivity contribution in [2.24, 2.45) is 0 Å². The molecule has 7 nitrogen and oxygen atoms in total. The molecule has 5 rings (SSSR count). The molecule has 196 valence electrons. The Bertz CT molecular complexity index is 1290. The van der Waals surface area contributed by atoms with E-state index < -0.39 is 0 Å². The largest absolute Gasteiger partial charge is 0.507 e. The minimum Gasteiger partial charge on any atom is -0.507 e. The summed E-state index contributed by atoms with van der Waals surface area (Å²) in [6.07, 6.45) is 5.59. The molecule has 0 aromatic heterocycles. The number of piperidine rings is 1. The van der Waals surface area contributed by atoms with Gasteiger partial charge in [0.2, 0.25) is 0 Å². The molecular formula is C29H34N2O5S. The van der Waals surface area contributed by atoms with Gasteiger partial charge in [-0.05, 0) is 112 Å². The van der Waals surface area contributed by atoms with E-state index in [1.54, 1.807) is 6.08 Å². The Balaban J connectivity index is 1.24. The number of amides is 2. The van der Waals surface area contributed by atoms with Gasteiger partial charge < -0.3 is 14.6 Å². The van der Waals surface area contributed by atoms with E-state index in [4.69, 9.17) is 9.47 Å². The number of fused-ring (bicyclic) bond motifs is 1. The van der Waals surface area contributed by atoms with Crippen molar-refractivity contribution in [3.8, 4) is 17.2 Å². The van der Waals surface area contributed by atoms with Gasteiger partial charge in [-0.25, -0.2) is 0 Å². The molecule has 37 heavy (non-hydrogen) atoms. The predicted octanol–water partition coefficient (Wildman–Crippen LogP) is 5.27. The van der Waals surface area contributed by atoms with E-state index in [9.17, 15) is 14.7 Å². The van der Waals surface area contributed by atoms with Gasteiger partial charge >= 0.3 is 0 Å². The van der Waals surface area contributed by atoms with Crippen molar-refractivity contribution in [3.05, 3.63) is 57.0 Å². The van der Waals surface area contributed by atoms with Crippen molar-refractivity contribution in [1.29, 1.82) is 0 Å². The molecule has 2 aromatic rings. The maximum Gasteiger partial charge on any atom is 0.290 e. The summed E-state index contributed by atoms with van der Waals surface area (Å²) in [4.78, 5) is 26.1. The van der Waals surface area contributed by atoms with Crippen molar-refractivity contribution in [3.63, 3.8) is 0 Å². The van der Waals surface area contributed by atoms with Gasteiger partial charge in [0.05, 0.1) is 4.91 Å². The first-order valence-corrected chi connectivity index (χ1v) is 13.7. The zero-order chi connectivity index (χ0) is 26.3. The fourth-order valence-electron chi connectivity index (χ4n) is 5.57. The molecule has 0 saturated carbocycles. The number of hydrogen-bond donors (Lipinski definition) is 2. The quantitative estimate of drug-likeness (QED) is 0.518. The van der Waals surface area contributed by atoms with Crippen molar-refractivity contribution >= 4 is 29.0 Å². The van der Waals surface area contributed by atoms with Crippen molar-refractivity contribution in [1.82, 2.24) is 10.2 Å². The summed E-state index contributed by atoms with van der Waals surface area (Å²) in [5.74, 6) is 1.72. The molecule has 3 heterocycles. The summed E-state index contributed by atoms with van der Waals surface area (Å²) in [6.45, 7) is 10.8. The summed E-state index contributed by atoms with van der Waals surface area (Å²) < 4.78 is 13.0. The number of carbonyl (C=O) groups is 2. The van der Waals surface area contributed by atoms with E-state index in [0.29, 0.717) is 10.7 Å². The predicted molar refractivity (Wildman–Crippen MR) is 145 cm³/mol. The van der Waals surface area contributed by atoms with Crippen molar-refractivity contribution in [2.75, 3.05) is 19.6 Å². The second-order valence-corrected chi connectivity index (χ2v) is 11.6. The van der Waals surface area contributed by atoms with Crippen LogP contribution in [0.25, 0.3) is 6.08 Å². The number of nitrogens with one attached hydrogen (secondary N) is 1. The van der Waals surface area contributed by atoms with E-state index in [0.717, 1.165) is 96.4 Å². The van der Waals surface area contributed by atoms with Crippen molar-refractivity contribution < 1.29 is 24.2 Å². The summed E-state index contributed by atoms with van der Waals surface area (Å²) in [5, 5.41) is 12.4. The van der Waals surface area contributed by atoms with Gasteiger partial charge in [-0.15, -0.1) is 0 Å². The molecule has 2 saturated heterocycles. The summed E-state index contributed by atoms with van der Waals surface area (Å²) in [6, 6.07) is 7.64. The minimum absolute atomic E-state index is 0.0602. The van der Waals surface area contributed by atoms with Crippen LogP contribution in [0.2, 0.25) is 0 Å². The molecule has 0 aliphatic carbocycles. The van der Waals surface area contributed by atoms with Gasteiger partial charge in [-0.1, -0.05) is 12.1 Å². The van der Waals surface area contributed by atoms with E-state index in [-0.39, 0.29) is 22.9 Å². The van der Waals surface area contributed by atoms with Gasteiger partial charge in [0.1, 0.15) is 29.0 Å². The highest BCUT2D eigenvalue weighted by atomic mass is 32.2. The number of rotatable bonds is 5. The van der Waals surface area contributed by atoms with Gasteiger partial charge in [0, 0.05) is 18.7 Å². The number of aromatic hydroxyl groups is 1. The third kappa shape index (κ3) is 5.36. The average Bonchev–Trinajstić information content (AvgIpc) is 3.17. The van der Waals surface area contributed by atoms with Crippen LogP contribution >= 0.6 is 11.8 Å². The van der Waals surface area contributed by atoms with Crippen LogP contribution in [0.5, 0.6) is 17.2 Å². The number of likely N-dealkylation sites (tertiary alicyclic amines) is 1. The average molecular weight is 523 g/mol. The van der Waals surface area contributed by atoms with Crippen LogP contribution in [0, 0.1) is 20.8 Å². The lowest BCUT2D eigenvalue weighted by Gasteiger charge is -2.43. The van der Waals surface area contributed by atoms with Crippen LogP contribution in [0.4, 0.5) is 4.79 Å². The molecule has 3 aliphatic rings. The maximum absolute atomic E-state index is 11.9. The fraction of sp³-hybridized carbons (Fsp3) is 0.448. The van der Waals surface area contributed by atoms with Crippen LogP contribution in [-0.2, 0) is 11.2 Å². The second kappa shape index (κ2) is 10.1. The zero-order valence-corrected chi connectivity index (χ0v) is 22.7. The SMILES string of the molecule is Cc1c(C)c2c(c(C)c1O)CCC(C)(CN1CCC[C@@H](Oc3cccc(/C=C4/SC(=O)NC4=O)c3)C1)O2. The first-order valence-electron chi connectivity index (χ1n) is 12.9. The van der Waals surface area contributed by atoms with E-state index >= 15 is 0 Å². The number of carbonyl (C=O) groups excluding carboxylic acids is 2. The molecule has 2 aromatic carbocycles. The first-order chi connectivity index (χ1) is 17.6. The highest BCUT2D eigenvalue weighted by molar-refractivity contribution is 8.18. The number of ether oxygens (including phenoxy) is 2. The number of phenols is 1. The smallest absolute Gasteiger partial charge is 0.290 e. The topological polar surface area (TPSA) is 88.1 Å². The van der Waals surface area contributed by atoms with Crippen LogP contribution in [0.3, 0.4) is 0 Å². The number of imide groups is 1.